The fraction of sp³-hybridized carbons (Fsp3) is 0.364. The van der Waals surface area contributed by atoms with Crippen LogP contribution in [0.3, 0.4) is 0 Å². The van der Waals surface area contributed by atoms with Crippen LogP contribution in [-0.2, 0) is 6.54 Å². The average Bonchev–Trinajstić information content (AvgIpc) is 2.95. The maximum Gasteiger partial charge on any atom is 0.573 e. The lowest BCUT2D eigenvalue weighted by molar-refractivity contribution is -0.275. The Bertz CT molecular complexity index is 1060. The van der Waals surface area contributed by atoms with Crippen molar-refractivity contribution in [3.63, 3.8) is 0 Å². The number of aromatic hydroxyl groups is 1. The van der Waals surface area contributed by atoms with Crippen LogP contribution in [-0.4, -0.2) is 43.6 Å². The SMILES string of the molecule is C[C@H]1C[C@@]2(C=CS(O)(O)N2c2cccc(F)c2)CCN1Cc1ccc(O)c(OC(F)(F)F)c1. The van der Waals surface area contributed by atoms with Gasteiger partial charge in [0.15, 0.2) is 11.5 Å². The molecule has 2 aromatic carbocycles. The molecule has 0 aromatic heterocycles. The third-order valence-corrected chi connectivity index (χ3v) is 7.63. The van der Waals surface area contributed by atoms with Crippen LogP contribution in [0, 0.1) is 5.82 Å². The third-order valence-electron chi connectivity index (χ3n) is 6.02. The predicted molar refractivity (Wildman–Crippen MR) is 117 cm³/mol. The van der Waals surface area contributed by atoms with Gasteiger partial charge in [-0.2, -0.15) is 0 Å². The Morgan fingerprint density at radius 2 is 1.94 bits per heavy atom. The Morgan fingerprint density at radius 3 is 2.61 bits per heavy atom. The fourth-order valence-corrected chi connectivity index (χ4v) is 6.34. The van der Waals surface area contributed by atoms with Gasteiger partial charge < -0.3 is 9.84 Å². The molecule has 0 bridgehead atoms. The Labute approximate surface area is 190 Å². The van der Waals surface area contributed by atoms with E-state index < -0.39 is 40.0 Å². The lowest BCUT2D eigenvalue weighted by Gasteiger charge is -2.52. The Balaban J connectivity index is 1.53. The second-order valence-corrected chi connectivity index (χ2v) is 10.1. The van der Waals surface area contributed by atoms with Crippen molar-refractivity contribution in [2.45, 2.75) is 44.3 Å². The molecule has 6 nitrogen and oxygen atoms in total. The van der Waals surface area contributed by atoms with Crippen LogP contribution in [0.25, 0.3) is 0 Å². The summed E-state index contributed by atoms with van der Waals surface area (Å²) in [6.07, 6.45) is -2.18. The second-order valence-electron chi connectivity index (χ2n) is 8.37. The Hall–Kier alpha value is -2.47. The highest BCUT2D eigenvalue weighted by Crippen LogP contribution is 2.60. The van der Waals surface area contributed by atoms with Crippen LogP contribution in [0.2, 0.25) is 0 Å². The molecule has 0 radical (unpaired) electrons. The molecule has 0 aliphatic carbocycles. The zero-order chi connectivity index (χ0) is 24.0. The maximum atomic E-state index is 13.9. The van der Waals surface area contributed by atoms with Gasteiger partial charge in [-0.3, -0.25) is 18.3 Å². The minimum Gasteiger partial charge on any atom is -0.504 e. The highest BCUT2D eigenvalue weighted by Gasteiger charge is 2.49. The topological polar surface area (TPSA) is 76.4 Å². The zero-order valence-corrected chi connectivity index (χ0v) is 18.5. The minimum atomic E-state index is -4.92. The summed E-state index contributed by atoms with van der Waals surface area (Å²) in [5, 5.41) is 11.0. The monoisotopic (exact) mass is 488 g/mol. The van der Waals surface area contributed by atoms with Gasteiger partial charge in [0, 0.05) is 24.5 Å². The quantitative estimate of drug-likeness (QED) is 0.469. The summed E-state index contributed by atoms with van der Waals surface area (Å²) in [7, 11) is -3.28. The molecule has 2 atom stereocenters. The molecule has 2 aromatic rings. The highest BCUT2D eigenvalue weighted by molar-refractivity contribution is 8.28. The predicted octanol–water partition coefficient (Wildman–Crippen LogP) is 5.85. The van der Waals surface area contributed by atoms with E-state index in [1.165, 1.54) is 34.0 Å². The molecule has 1 fully saturated rings. The van der Waals surface area contributed by atoms with Crippen LogP contribution >= 0.6 is 10.8 Å². The number of likely N-dealkylation sites (tertiary alicyclic amines) is 1. The van der Waals surface area contributed by atoms with Gasteiger partial charge >= 0.3 is 6.36 Å². The van der Waals surface area contributed by atoms with Crippen molar-refractivity contribution in [1.82, 2.24) is 4.90 Å². The fourth-order valence-electron chi connectivity index (χ4n) is 4.60. The van der Waals surface area contributed by atoms with Crippen molar-refractivity contribution in [3.05, 3.63) is 65.3 Å². The molecule has 33 heavy (non-hydrogen) atoms. The maximum absolute atomic E-state index is 13.9. The van der Waals surface area contributed by atoms with Crippen molar-refractivity contribution in [3.8, 4) is 11.5 Å². The average molecular weight is 489 g/mol. The standard InChI is InChI=1S/C22H24F4N2O4S/c1-15-13-21(8-10-33(30,31)28(21)18-4-2-3-17(23)12-18)7-9-27(15)14-16-5-6-19(29)20(11-16)32-22(24,25)26/h2-6,8,10-12,15,29-31H,7,9,13-14H2,1H3/t15-,21-/m0/s1. The number of alkyl halides is 3. The van der Waals surface area contributed by atoms with Gasteiger partial charge in [0.05, 0.1) is 11.2 Å². The zero-order valence-electron chi connectivity index (χ0n) is 17.7. The number of piperidine rings is 1. The molecule has 180 valence electrons. The van der Waals surface area contributed by atoms with E-state index in [0.717, 1.165) is 12.1 Å². The van der Waals surface area contributed by atoms with E-state index in [1.54, 1.807) is 12.1 Å². The van der Waals surface area contributed by atoms with Crippen LogP contribution in [0.15, 0.2) is 53.9 Å². The van der Waals surface area contributed by atoms with Crippen molar-refractivity contribution < 1.29 is 36.5 Å². The molecule has 0 amide bonds. The van der Waals surface area contributed by atoms with Gasteiger partial charge in [-0.15, -0.1) is 13.2 Å². The number of nitrogens with zero attached hydrogens (tertiary/aromatic N) is 2. The molecule has 2 aliphatic heterocycles. The molecule has 3 N–H and O–H groups in total. The molecule has 0 saturated carbocycles. The van der Waals surface area contributed by atoms with Crippen LogP contribution in [0.1, 0.15) is 25.3 Å². The third kappa shape index (κ3) is 4.91. The molecule has 1 saturated heterocycles. The first-order valence-corrected chi connectivity index (χ1v) is 11.8. The first kappa shape index (κ1) is 23.7. The summed E-state index contributed by atoms with van der Waals surface area (Å²) in [5.74, 6) is -1.75. The molecular formula is C22H24F4N2O4S. The summed E-state index contributed by atoms with van der Waals surface area (Å²) < 4.78 is 78.3. The summed E-state index contributed by atoms with van der Waals surface area (Å²) in [5.41, 5.74) is 0.165. The van der Waals surface area contributed by atoms with Crippen molar-refractivity contribution in [1.29, 1.82) is 0 Å². The first-order valence-electron chi connectivity index (χ1n) is 10.2. The molecule has 2 aliphatic rings. The van der Waals surface area contributed by atoms with Crippen LogP contribution in [0.4, 0.5) is 23.2 Å². The number of phenolic OH excluding ortho intramolecular Hbond substituents is 1. The molecular weight excluding hydrogens is 464 g/mol. The number of hydrogen-bond acceptors (Lipinski definition) is 6. The number of ether oxygens (including phenoxy) is 1. The molecule has 4 rings (SSSR count). The van der Waals surface area contributed by atoms with Gasteiger partial charge in [-0.1, -0.05) is 22.9 Å². The van der Waals surface area contributed by atoms with Gasteiger partial charge in [-0.05, 0) is 61.7 Å². The highest BCUT2D eigenvalue weighted by atomic mass is 32.3. The number of halogens is 4. The normalized spacial score (nSPS) is 26.0. The van der Waals surface area contributed by atoms with E-state index >= 15 is 0 Å². The van der Waals surface area contributed by atoms with E-state index in [1.807, 2.05) is 6.92 Å². The Kier molecular flexibility index (Phi) is 6.02. The number of rotatable bonds is 4. The molecule has 1 spiro atoms. The Morgan fingerprint density at radius 1 is 1.18 bits per heavy atom. The van der Waals surface area contributed by atoms with E-state index in [0.29, 0.717) is 37.2 Å². The lowest BCUT2D eigenvalue weighted by Crippen LogP contribution is -2.55. The van der Waals surface area contributed by atoms with E-state index in [-0.39, 0.29) is 6.04 Å². The molecule has 2 heterocycles. The van der Waals surface area contributed by atoms with Gasteiger partial charge in [0.2, 0.25) is 0 Å². The van der Waals surface area contributed by atoms with E-state index in [9.17, 15) is 31.8 Å². The summed E-state index contributed by atoms with van der Waals surface area (Å²) in [4.78, 5) is 2.05. The summed E-state index contributed by atoms with van der Waals surface area (Å²) in [6, 6.07) is 9.44. The number of hydrogen-bond donors (Lipinski definition) is 3. The van der Waals surface area contributed by atoms with Crippen LogP contribution < -0.4 is 9.04 Å². The largest absolute Gasteiger partial charge is 0.573 e. The van der Waals surface area contributed by atoms with Crippen molar-refractivity contribution in [2.75, 3.05) is 10.8 Å². The second kappa shape index (κ2) is 8.39. The smallest absolute Gasteiger partial charge is 0.504 e. The van der Waals surface area contributed by atoms with Gasteiger partial charge in [-0.25, -0.2) is 4.39 Å². The number of anilines is 1. The van der Waals surface area contributed by atoms with E-state index in [4.69, 9.17) is 0 Å². The minimum absolute atomic E-state index is 0.0893. The first-order chi connectivity index (χ1) is 15.4. The summed E-state index contributed by atoms with van der Waals surface area (Å²) in [6.45, 7) is 2.75. The van der Waals surface area contributed by atoms with Crippen molar-refractivity contribution >= 4 is 16.5 Å². The van der Waals surface area contributed by atoms with Gasteiger partial charge in [0.1, 0.15) is 5.82 Å². The van der Waals surface area contributed by atoms with Gasteiger partial charge in [0.25, 0.3) is 0 Å². The van der Waals surface area contributed by atoms with Crippen molar-refractivity contribution in [2.24, 2.45) is 0 Å². The lowest BCUT2D eigenvalue weighted by atomic mass is 9.83. The number of phenols is 1. The molecule has 11 heteroatoms. The van der Waals surface area contributed by atoms with Crippen LogP contribution in [0.5, 0.6) is 11.5 Å². The number of benzene rings is 2. The van der Waals surface area contributed by atoms with E-state index in [2.05, 4.69) is 9.64 Å². The summed E-state index contributed by atoms with van der Waals surface area (Å²) >= 11 is 0. The molecule has 0 unspecified atom stereocenters.